The maximum absolute atomic E-state index is 4.17. The molecule has 0 amide bonds. The molecular formula is C38H68N3+. The third-order valence-electron chi connectivity index (χ3n) is 13.2. The van der Waals surface area contributed by atoms with Crippen LogP contribution in [0.4, 0.5) is 0 Å². The Hall–Kier alpha value is -0.250. The highest BCUT2D eigenvalue weighted by molar-refractivity contribution is 5.11. The van der Waals surface area contributed by atoms with Crippen LogP contribution in [0.2, 0.25) is 0 Å². The highest BCUT2D eigenvalue weighted by Gasteiger charge is 2.49. The fourth-order valence-electron chi connectivity index (χ4n) is 10.9. The van der Waals surface area contributed by atoms with Crippen LogP contribution in [0.25, 0.3) is 0 Å². The van der Waals surface area contributed by atoms with E-state index >= 15 is 0 Å². The first-order valence-corrected chi connectivity index (χ1v) is 19.3. The van der Waals surface area contributed by atoms with Gasteiger partial charge in [-0.1, -0.05) is 58.3 Å². The Bertz CT molecular complexity index is 678. The average molecular weight is 567 g/mol. The second-order valence-electron chi connectivity index (χ2n) is 16.3. The average Bonchev–Trinajstić information content (AvgIpc) is 3.01. The lowest BCUT2D eigenvalue weighted by molar-refractivity contribution is 0.157. The molecule has 2 unspecified atom stereocenters. The smallest absolute Gasteiger partial charge is 0.101 e. The summed E-state index contributed by atoms with van der Waals surface area (Å²) in [5, 5.41) is 12.5. The van der Waals surface area contributed by atoms with Crippen LogP contribution in [0.5, 0.6) is 0 Å². The molecule has 3 nitrogen and oxygen atoms in total. The second kappa shape index (κ2) is 15.7. The van der Waals surface area contributed by atoms with E-state index in [1.54, 1.807) is 0 Å². The molecule has 0 saturated heterocycles. The number of nitrogens with one attached hydrogen (secondary N) is 3. The van der Waals surface area contributed by atoms with E-state index in [-0.39, 0.29) is 0 Å². The molecule has 6 fully saturated rings. The van der Waals surface area contributed by atoms with Gasteiger partial charge in [0.25, 0.3) is 0 Å². The molecule has 0 aromatic heterocycles. The van der Waals surface area contributed by atoms with Crippen molar-refractivity contribution < 1.29 is 0 Å². The summed E-state index contributed by atoms with van der Waals surface area (Å²) in [6.45, 7) is 2.48. The summed E-state index contributed by atoms with van der Waals surface area (Å²) in [6.07, 6.45) is 37.8. The van der Waals surface area contributed by atoms with E-state index in [4.69, 9.17) is 0 Å². The molecule has 6 rings (SSSR count). The lowest BCUT2D eigenvalue weighted by atomic mass is 9.61. The normalized spacial score (nSPS) is 40.3. The zero-order valence-electron chi connectivity index (χ0n) is 27.2. The Balaban J connectivity index is 1.03. The molecule has 6 aliphatic carbocycles. The Morgan fingerprint density at radius 2 is 0.683 bits per heavy atom. The first kappa shape index (κ1) is 30.8. The summed E-state index contributed by atoms with van der Waals surface area (Å²) in [4.78, 5) is 0. The van der Waals surface area contributed by atoms with E-state index in [1.807, 2.05) is 0 Å². The van der Waals surface area contributed by atoms with Crippen LogP contribution in [0.1, 0.15) is 174 Å². The molecule has 41 heavy (non-hydrogen) atoms. The molecule has 0 radical (unpaired) electrons. The Morgan fingerprint density at radius 1 is 0.341 bits per heavy atom. The first-order valence-electron chi connectivity index (χ1n) is 19.3. The molecule has 0 spiro atoms. The van der Waals surface area contributed by atoms with Crippen molar-refractivity contribution in [1.29, 1.82) is 0 Å². The van der Waals surface area contributed by atoms with E-state index in [9.17, 15) is 0 Å². The molecule has 3 N–H and O–H groups in total. The molecule has 3 heteroatoms. The summed E-state index contributed by atoms with van der Waals surface area (Å²) in [6, 6.07) is 4.88. The highest BCUT2D eigenvalue weighted by atomic mass is 15.0. The van der Waals surface area contributed by atoms with Gasteiger partial charge in [0.2, 0.25) is 0 Å². The van der Waals surface area contributed by atoms with Gasteiger partial charge in [0.15, 0.2) is 0 Å². The van der Waals surface area contributed by atoms with Gasteiger partial charge in [-0.05, 0) is 121 Å². The molecule has 0 heterocycles. The topological polar surface area (TPSA) is 36.1 Å². The van der Waals surface area contributed by atoms with Crippen LogP contribution in [-0.4, -0.2) is 36.3 Å². The lowest BCUT2D eigenvalue weighted by Gasteiger charge is -2.41. The van der Waals surface area contributed by atoms with Gasteiger partial charge in [0.05, 0.1) is 5.92 Å². The summed E-state index contributed by atoms with van der Waals surface area (Å²) in [5.41, 5.74) is 0. The molecule has 0 aliphatic heterocycles. The van der Waals surface area contributed by atoms with Gasteiger partial charge in [0.1, 0.15) is 17.8 Å². The third-order valence-corrected chi connectivity index (χ3v) is 13.2. The first-order chi connectivity index (χ1) is 20.2. The number of rotatable bonds is 9. The van der Waals surface area contributed by atoms with Crippen LogP contribution in [0.15, 0.2) is 0 Å². The van der Waals surface area contributed by atoms with Crippen molar-refractivity contribution in [2.75, 3.05) is 0 Å². The van der Waals surface area contributed by atoms with Crippen LogP contribution in [-0.2, 0) is 0 Å². The third kappa shape index (κ3) is 8.91. The van der Waals surface area contributed by atoms with Crippen molar-refractivity contribution in [3.63, 3.8) is 0 Å². The second-order valence-corrected chi connectivity index (χ2v) is 16.3. The van der Waals surface area contributed by atoms with Crippen molar-refractivity contribution in [1.82, 2.24) is 16.0 Å². The van der Waals surface area contributed by atoms with Gasteiger partial charge in [0, 0.05) is 36.3 Å². The Kier molecular flexibility index (Phi) is 11.7. The van der Waals surface area contributed by atoms with E-state index in [0.717, 1.165) is 59.9 Å². The van der Waals surface area contributed by atoms with Gasteiger partial charge in [-0.3, -0.25) is 0 Å². The molecule has 2 atom stereocenters. The van der Waals surface area contributed by atoms with Crippen LogP contribution < -0.4 is 16.0 Å². The van der Waals surface area contributed by atoms with E-state index < -0.39 is 0 Å². The monoisotopic (exact) mass is 567 g/mol. The molecule has 6 saturated carbocycles. The molecule has 0 bridgehead atoms. The van der Waals surface area contributed by atoms with Gasteiger partial charge in [-0.15, -0.1) is 0 Å². The van der Waals surface area contributed by atoms with E-state index in [0.29, 0.717) is 0 Å². The fourth-order valence-corrected chi connectivity index (χ4v) is 10.9. The Morgan fingerprint density at radius 3 is 1.07 bits per heavy atom. The van der Waals surface area contributed by atoms with Gasteiger partial charge in [-0.2, -0.15) is 0 Å². The maximum atomic E-state index is 4.17. The van der Waals surface area contributed by atoms with Crippen LogP contribution in [0.3, 0.4) is 0 Å². The summed E-state index contributed by atoms with van der Waals surface area (Å²) < 4.78 is 0. The van der Waals surface area contributed by atoms with Crippen LogP contribution in [0, 0.1) is 29.6 Å². The minimum atomic E-state index is 0.800. The minimum Gasteiger partial charge on any atom is -0.311 e. The zero-order chi connectivity index (χ0) is 27.9. The van der Waals surface area contributed by atoms with Crippen molar-refractivity contribution in [2.45, 2.75) is 210 Å². The summed E-state index contributed by atoms with van der Waals surface area (Å²) in [7, 11) is 0. The van der Waals surface area contributed by atoms with Crippen LogP contribution >= 0.6 is 0 Å². The number of hydrogen-bond acceptors (Lipinski definition) is 3. The Labute approximate surface area is 255 Å². The molecule has 6 aliphatic rings. The largest absolute Gasteiger partial charge is 0.311 e. The SMILES string of the molecule is CC1CCCC(NC2CCC([C+](C3CCC(NC4CCCCC4)CC3)C3CCC(NC4CCCCC4)CC3)CC2)C1. The van der Waals surface area contributed by atoms with E-state index in [2.05, 4.69) is 28.8 Å². The predicted octanol–water partition coefficient (Wildman–Crippen LogP) is 9.25. The minimum absolute atomic E-state index is 0.800. The van der Waals surface area contributed by atoms with Crippen molar-refractivity contribution in [2.24, 2.45) is 23.7 Å². The van der Waals surface area contributed by atoms with Gasteiger partial charge < -0.3 is 16.0 Å². The standard InChI is InChI=1S/C38H68N3/c1-28-9-8-14-37(27-28)41-36-25-19-31(20-26-36)38(29-15-21-34(22-16-29)39-32-10-4-2-5-11-32)30-17-23-35(24-18-30)40-33-12-6-3-7-13-33/h28-37,39-41H,2-27H2,1H3/q+1. The van der Waals surface area contributed by atoms with E-state index in [1.165, 1.54) is 167 Å². The van der Waals surface area contributed by atoms with Crippen molar-refractivity contribution in [3.05, 3.63) is 5.92 Å². The van der Waals surface area contributed by atoms with Gasteiger partial charge >= 0.3 is 0 Å². The highest BCUT2D eigenvalue weighted by Crippen LogP contribution is 2.49. The fraction of sp³-hybridized carbons (Fsp3) is 0.974. The zero-order valence-corrected chi connectivity index (χ0v) is 27.2. The summed E-state index contributed by atoms with van der Waals surface area (Å²) >= 11 is 0. The molecule has 0 aromatic rings. The maximum Gasteiger partial charge on any atom is 0.101 e. The van der Waals surface area contributed by atoms with Crippen molar-refractivity contribution >= 4 is 0 Å². The van der Waals surface area contributed by atoms with Gasteiger partial charge in [-0.25, -0.2) is 0 Å². The summed E-state index contributed by atoms with van der Waals surface area (Å²) in [5.74, 6) is 5.84. The predicted molar refractivity (Wildman–Crippen MR) is 175 cm³/mol. The van der Waals surface area contributed by atoms with Crippen molar-refractivity contribution in [3.8, 4) is 0 Å². The molecule has 234 valence electrons. The molecule has 0 aromatic carbocycles. The quantitative estimate of drug-likeness (QED) is 0.243. The lowest BCUT2D eigenvalue weighted by Crippen LogP contribution is -2.46. The molecular weight excluding hydrogens is 498 g/mol. The number of hydrogen-bond donors (Lipinski definition) is 3.